The first-order chi connectivity index (χ1) is 14.9. The summed E-state index contributed by atoms with van der Waals surface area (Å²) in [5.41, 5.74) is 1.50. The zero-order valence-electron chi connectivity index (χ0n) is 16.3. The van der Waals surface area contributed by atoms with E-state index < -0.39 is 17.6 Å². The summed E-state index contributed by atoms with van der Waals surface area (Å²) in [6.07, 6.45) is 4.49. The Kier molecular flexibility index (Phi) is 5.43. The second-order valence-electron chi connectivity index (χ2n) is 6.37. The SMILES string of the molecule is COC(=O)c1ccc(Nc2nccn3c(-c4ccc(OC)c(F)c4F)cnc23)cc1Cl. The molecule has 2 aromatic carbocycles. The molecule has 0 aliphatic rings. The molecule has 0 unspecified atom stereocenters. The van der Waals surface area contributed by atoms with Crippen molar-refractivity contribution >= 4 is 34.7 Å². The summed E-state index contributed by atoms with van der Waals surface area (Å²) in [5, 5.41) is 3.26. The van der Waals surface area contributed by atoms with Crippen molar-refractivity contribution in [3.63, 3.8) is 0 Å². The van der Waals surface area contributed by atoms with Crippen LogP contribution in [0.1, 0.15) is 10.4 Å². The number of esters is 1. The summed E-state index contributed by atoms with van der Waals surface area (Å²) in [6.45, 7) is 0. The normalized spacial score (nSPS) is 10.9. The standard InChI is InChI=1S/C21H15ClF2N4O3/c1-30-16-6-5-13(17(23)18(16)24)15-10-26-20-19(25-7-8-28(15)20)27-11-3-4-12(14(22)9-11)21(29)31-2/h3-10H,1-2H3,(H,25,27). The van der Waals surface area contributed by atoms with E-state index >= 15 is 0 Å². The van der Waals surface area contributed by atoms with Crippen molar-refractivity contribution in [3.05, 3.63) is 71.1 Å². The summed E-state index contributed by atoms with van der Waals surface area (Å²) in [6, 6.07) is 7.45. The number of ether oxygens (including phenoxy) is 2. The second-order valence-corrected chi connectivity index (χ2v) is 6.77. The van der Waals surface area contributed by atoms with Gasteiger partial charge in [-0.2, -0.15) is 4.39 Å². The van der Waals surface area contributed by atoms with Gasteiger partial charge in [0.05, 0.1) is 36.7 Å². The molecule has 4 aromatic rings. The van der Waals surface area contributed by atoms with Gasteiger partial charge in [0.25, 0.3) is 0 Å². The number of aromatic nitrogens is 3. The second kappa shape index (κ2) is 8.19. The quantitative estimate of drug-likeness (QED) is 0.443. The van der Waals surface area contributed by atoms with E-state index in [9.17, 15) is 13.6 Å². The molecule has 2 heterocycles. The van der Waals surface area contributed by atoms with Gasteiger partial charge in [-0.15, -0.1) is 0 Å². The highest BCUT2D eigenvalue weighted by molar-refractivity contribution is 6.33. The molecule has 31 heavy (non-hydrogen) atoms. The van der Waals surface area contributed by atoms with E-state index in [2.05, 4.69) is 20.0 Å². The largest absolute Gasteiger partial charge is 0.494 e. The fraction of sp³-hybridized carbons (Fsp3) is 0.0952. The molecule has 0 radical (unpaired) electrons. The van der Waals surface area contributed by atoms with Gasteiger partial charge in [0, 0.05) is 23.6 Å². The minimum Gasteiger partial charge on any atom is -0.494 e. The molecule has 7 nitrogen and oxygen atoms in total. The highest BCUT2D eigenvalue weighted by Gasteiger charge is 2.19. The highest BCUT2D eigenvalue weighted by Crippen LogP contribution is 2.32. The molecule has 0 aliphatic heterocycles. The van der Waals surface area contributed by atoms with E-state index in [0.717, 1.165) is 0 Å². The summed E-state index contributed by atoms with van der Waals surface area (Å²) in [5.74, 6) is -2.51. The molecule has 2 aromatic heterocycles. The summed E-state index contributed by atoms with van der Waals surface area (Å²) in [4.78, 5) is 20.2. The minimum absolute atomic E-state index is 0.0217. The number of imidazole rings is 1. The van der Waals surface area contributed by atoms with Crippen LogP contribution in [-0.4, -0.2) is 34.6 Å². The Morgan fingerprint density at radius 1 is 1.13 bits per heavy atom. The number of rotatable bonds is 5. The van der Waals surface area contributed by atoms with Crippen LogP contribution >= 0.6 is 11.6 Å². The van der Waals surface area contributed by atoms with Crippen molar-refractivity contribution < 1.29 is 23.0 Å². The number of fused-ring (bicyclic) bond motifs is 1. The topological polar surface area (TPSA) is 77.8 Å². The molecule has 0 saturated carbocycles. The Hall–Kier alpha value is -3.72. The minimum atomic E-state index is -1.08. The van der Waals surface area contributed by atoms with Gasteiger partial charge in [-0.25, -0.2) is 19.2 Å². The lowest BCUT2D eigenvalue weighted by Gasteiger charge is -2.10. The maximum atomic E-state index is 14.6. The molecule has 0 fully saturated rings. The van der Waals surface area contributed by atoms with Crippen LogP contribution in [0.3, 0.4) is 0 Å². The Labute approximate surface area is 180 Å². The predicted molar refractivity (Wildman–Crippen MR) is 111 cm³/mol. The maximum absolute atomic E-state index is 14.6. The summed E-state index contributed by atoms with van der Waals surface area (Å²) in [7, 11) is 2.53. The molecule has 0 saturated heterocycles. The molecule has 0 spiro atoms. The Balaban J connectivity index is 1.73. The third-order valence-corrected chi connectivity index (χ3v) is 4.92. The van der Waals surface area contributed by atoms with E-state index in [1.807, 2.05) is 0 Å². The number of nitrogens with zero attached hydrogens (tertiary/aromatic N) is 3. The molecular weight excluding hydrogens is 430 g/mol. The van der Waals surface area contributed by atoms with Crippen LogP contribution in [0.5, 0.6) is 5.75 Å². The fourth-order valence-electron chi connectivity index (χ4n) is 3.10. The number of benzene rings is 2. The molecular formula is C21H15ClF2N4O3. The third kappa shape index (κ3) is 3.64. The van der Waals surface area contributed by atoms with Crippen molar-refractivity contribution in [2.24, 2.45) is 0 Å². The fourth-order valence-corrected chi connectivity index (χ4v) is 3.36. The van der Waals surface area contributed by atoms with Gasteiger partial charge in [-0.3, -0.25) is 4.40 Å². The van der Waals surface area contributed by atoms with Gasteiger partial charge in [-0.1, -0.05) is 11.6 Å². The van der Waals surface area contributed by atoms with Gasteiger partial charge in [0.2, 0.25) is 5.82 Å². The molecule has 0 aliphatic carbocycles. The van der Waals surface area contributed by atoms with E-state index in [-0.39, 0.29) is 21.9 Å². The van der Waals surface area contributed by atoms with E-state index in [0.29, 0.717) is 22.8 Å². The number of carbonyl (C=O) groups excluding carboxylic acids is 1. The molecule has 158 valence electrons. The molecule has 0 bridgehead atoms. The zero-order chi connectivity index (χ0) is 22.1. The maximum Gasteiger partial charge on any atom is 0.339 e. The number of halogens is 3. The van der Waals surface area contributed by atoms with Crippen LogP contribution in [0, 0.1) is 11.6 Å². The van der Waals surface area contributed by atoms with Crippen LogP contribution < -0.4 is 10.1 Å². The number of hydrogen-bond donors (Lipinski definition) is 1. The molecule has 0 amide bonds. The van der Waals surface area contributed by atoms with Crippen LogP contribution in [-0.2, 0) is 4.74 Å². The van der Waals surface area contributed by atoms with Gasteiger partial charge in [0.15, 0.2) is 23.0 Å². The smallest absolute Gasteiger partial charge is 0.339 e. The first kappa shape index (κ1) is 20.5. The van der Waals surface area contributed by atoms with Crippen LogP contribution in [0.25, 0.3) is 16.9 Å². The summed E-state index contributed by atoms with van der Waals surface area (Å²) < 4.78 is 39.8. The molecule has 10 heteroatoms. The van der Waals surface area contributed by atoms with Gasteiger partial charge < -0.3 is 14.8 Å². The van der Waals surface area contributed by atoms with Crippen molar-refractivity contribution in [1.82, 2.24) is 14.4 Å². The lowest BCUT2D eigenvalue weighted by Crippen LogP contribution is -2.03. The highest BCUT2D eigenvalue weighted by atomic mass is 35.5. The van der Waals surface area contributed by atoms with Crippen molar-refractivity contribution in [2.75, 3.05) is 19.5 Å². The van der Waals surface area contributed by atoms with Gasteiger partial charge in [-0.05, 0) is 30.3 Å². The average Bonchev–Trinajstić information content (AvgIpc) is 3.20. The molecule has 0 atom stereocenters. The number of nitrogens with one attached hydrogen (secondary N) is 1. The van der Waals surface area contributed by atoms with Crippen molar-refractivity contribution in [3.8, 4) is 17.0 Å². The number of hydrogen-bond acceptors (Lipinski definition) is 6. The summed E-state index contributed by atoms with van der Waals surface area (Å²) >= 11 is 6.16. The third-order valence-electron chi connectivity index (χ3n) is 4.61. The lowest BCUT2D eigenvalue weighted by atomic mass is 10.1. The van der Waals surface area contributed by atoms with Crippen LogP contribution in [0.4, 0.5) is 20.3 Å². The van der Waals surface area contributed by atoms with Crippen molar-refractivity contribution in [1.29, 1.82) is 0 Å². The van der Waals surface area contributed by atoms with Gasteiger partial charge in [0.1, 0.15) is 0 Å². The first-order valence-electron chi connectivity index (χ1n) is 8.94. The lowest BCUT2D eigenvalue weighted by molar-refractivity contribution is 0.0601. The van der Waals surface area contributed by atoms with Gasteiger partial charge >= 0.3 is 5.97 Å². The first-order valence-corrected chi connectivity index (χ1v) is 9.31. The average molecular weight is 445 g/mol. The van der Waals surface area contributed by atoms with Crippen molar-refractivity contribution in [2.45, 2.75) is 0 Å². The monoisotopic (exact) mass is 444 g/mol. The van der Waals surface area contributed by atoms with E-state index in [1.165, 1.54) is 44.8 Å². The number of methoxy groups -OCH3 is 2. The Morgan fingerprint density at radius 3 is 2.65 bits per heavy atom. The molecule has 4 rings (SSSR count). The Bertz CT molecular complexity index is 1310. The van der Waals surface area contributed by atoms with E-state index in [4.69, 9.17) is 16.3 Å². The zero-order valence-corrected chi connectivity index (χ0v) is 17.1. The Morgan fingerprint density at radius 2 is 1.94 bits per heavy atom. The molecule has 1 N–H and O–H groups in total. The van der Waals surface area contributed by atoms with Crippen LogP contribution in [0.2, 0.25) is 5.02 Å². The number of anilines is 2. The number of carbonyl (C=O) groups is 1. The predicted octanol–water partition coefficient (Wildman–Crippen LogP) is 4.87. The van der Waals surface area contributed by atoms with E-state index in [1.54, 1.807) is 22.7 Å². The van der Waals surface area contributed by atoms with Crippen LogP contribution in [0.15, 0.2) is 48.9 Å².